The smallest absolute Gasteiger partial charge is 0.268 e. The van der Waals surface area contributed by atoms with Crippen molar-refractivity contribution in [1.29, 1.82) is 0 Å². The Morgan fingerprint density at radius 1 is 1.36 bits per heavy atom. The van der Waals surface area contributed by atoms with Crippen molar-refractivity contribution < 1.29 is 4.74 Å². The van der Waals surface area contributed by atoms with Crippen molar-refractivity contribution in [3.8, 4) is 5.69 Å². The number of methoxy groups -OCH3 is 1. The fraction of sp³-hybridized carbons (Fsp3) is 0.429. The topological polar surface area (TPSA) is 56.1 Å². The molecule has 0 amide bonds. The Morgan fingerprint density at radius 3 is 2.89 bits per heavy atom. The van der Waals surface area contributed by atoms with E-state index >= 15 is 0 Å². The third kappa shape index (κ3) is 3.69. The lowest BCUT2D eigenvalue weighted by molar-refractivity contribution is 0.197. The van der Waals surface area contributed by atoms with Crippen LogP contribution in [0.25, 0.3) is 15.9 Å². The van der Waals surface area contributed by atoms with Gasteiger partial charge in [-0.1, -0.05) is 18.5 Å². The Bertz CT molecular complexity index is 1040. The number of hydrogen-bond donors (Lipinski definition) is 1. The van der Waals surface area contributed by atoms with Gasteiger partial charge < -0.3 is 10.1 Å². The van der Waals surface area contributed by atoms with E-state index in [1.165, 1.54) is 16.9 Å². The van der Waals surface area contributed by atoms with Crippen molar-refractivity contribution in [2.24, 2.45) is 5.92 Å². The molecule has 0 saturated carbocycles. The molecule has 1 aromatic carbocycles. The van der Waals surface area contributed by atoms with Crippen LogP contribution >= 0.6 is 22.9 Å². The average Bonchev–Trinajstić information content (AvgIpc) is 3.04. The van der Waals surface area contributed by atoms with Crippen LogP contribution in [0.4, 0.5) is 5.95 Å². The number of rotatable bonds is 6. The van der Waals surface area contributed by atoms with Crippen LogP contribution in [-0.2, 0) is 17.6 Å². The number of aryl methyl sites for hydroxylation is 1. The van der Waals surface area contributed by atoms with Gasteiger partial charge in [-0.3, -0.25) is 4.79 Å². The number of fused-ring (bicyclic) bond motifs is 3. The minimum atomic E-state index is -0.00633. The summed E-state index contributed by atoms with van der Waals surface area (Å²) in [7, 11) is 1.69. The van der Waals surface area contributed by atoms with Gasteiger partial charge in [0.1, 0.15) is 4.83 Å². The molecule has 0 unspecified atom stereocenters. The SMILES string of the molecule is COCCCNc1nc2sc3c(c2c(=O)n1-c1ccc(Cl)cc1)C[C@@H](C)CC3. The summed E-state index contributed by atoms with van der Waals surface area (Å²) in [6.07, 6.45) is 4.00. The Kier molecular flexibility index (Phi) is 5.71. The second-order valence-corrected chi connectivity index (χ2v) is 8.88. The minimum Gasteiger partial charge on any atom is -0.385 e. The van der Waals surface area contributed by atoms with E-state index in [0.717, 1.165) is 35.2 Å². The monoisotopic (exact) mass is 417 g/mol. The molecule has 3 aromatic rings. The van der Waals surface area contributed by atoms with Gasteiger partial charge in [0.2, 0.25) is 5.95 Å². The third-order valence-corrected chi connectivity index (χ3v) is 6.66. The number of nitrogens with zero attached hydrogens (tertiary/aromatic N) is 2. The molecule has 0 saturated heterocycles. The summed E-state index contributed by atoms with van der Waals surface area (Å²) in [6, 6.07) is 7.32. The van der Waals surface area contributed by atoms with Crippen LogP contribution in [0, 0.1) is 5.92 Å². The van der Waals surface area contributed by atoms with Gasteiger partial charge in [-0.05, 0) is 61.4 Å². The third-order valence-electron chi connectivity index (χ3n) is 5.22. The molecular weight excluding hydrogens is 394 g/mol. The van der Waals surface area contributed by atoms with Gasteiger partial charge in [-0.25, -0.2) is 9.55 Å². The van der Waals surface area contributed by atoms with Crippen molar-refractivity contribution >= 4 is 39.1 Å². The maximum Gasteiger partial charge on any atom is 0.268 e. The van der Waals surface area contributed by atoms with Crippen molar-refractivity contribution in [2.45, 2.75) is 32.6 Å². The molecule has 2 aromatic heterocycles. The summed E-state index contributed by atoms with van der Waals surface area (Å²) in [4.78, 5) is 20.6. The van der Waals surface area contributed by atoms with Crippen molar-refractivity contribution in [1.82, 2.24) is 9.55 Å². The summed E-state index contributed by atoms with van der Waals surface area (Å²) >= 11 is 7.72. The standard InChI is InChI=1S/C21H24ClN3O2S/c1-13-4-9-17-16(12-13)18-19(28-17)24-21(23-10-3-11-27-2)25(20(18)26)15-7-5-14(22)6-8-15/h5-8,13H,3-4,9-12H2,1-2H3,(H,23,24)/t13-/m0/s1. The number of anilines is 1. The highest BCUT2D eigenvalue weighted by Crippen LogP contribution is 2.36. The molecule has 148 valence electrons. The first-order chi connectivity index (χ1) is 13.6. The number of hydrogen-bond acceptors (Lipinski definition) is 5. The molecule has 0 aliphatic heterocycles. The van der Waals surface area contributed by atoms with Gasteiger partial charge in [-0.15, -0.1) is 11.3 Å². The van der Waals surface area contributed by atoms with E-state index in [1.54, 1.807) is 35.1 Å². The molecule has 1 N–H and O–H groups in total. The molecule has 0 radical (unpaired) electrons. The highest BCUT2D eigenvalue weighted by molar-refractivity contribution is 7.18. The van der Waals surface area contributed by atoms with Crippen LogP contribution in [-0.4, -0.2) is 29.8 Å². The first kappa shape index (κ1) is 19.4. The van der Waals surface area contributed by atoms with Crippen molar-refractivity contribution in [2.75, 3.05) is 25.6 Å². The fourth-order valence-electron chi connectivity index (χ4n) is 3.76. The minimum absolute atomic E-state index is 0.00633. The van der Waals surface area contributed by atoms with Gasteiger partial charge in [0, 0.05) is 30.2 Å². The summed E-state index contributed by atoms with van der Waals surface area (Å²) in [5.41, 5.74) is 1.96. The van der Waals surface area contributed by atoms with Gasteiger partial charge >= 0.3 is 0 Å². The molecule has 0 fully saturated rings. The number of nitrogens with one attached hydrogen (secondary N) is 1. The van der Waals surface area contributed by atoms with Crippen LogP contribution < -0.4 is 10.9 Å². The molecule has 28 heavy (non-hydrogen) atoms. The quantitative estimate of drug-likeness (QED) is 0.592. The summed E-state index contributed by atoms with van der Waals surface area (Å²) in [6.45, 7) is 3.59. The molecule has 1 aliphatic carbocycles. The lowest BCUT2D eigenvalue weighted by atomic mass is 9.89. The van der Waals surface area contributed by atoms with Crippen LogP contribution in [0.2, 0.25) is 5.02 Å². The number of thiophene rings is 1. The maximum atomic E-state index is 13.6. The average molecular weight is 418 g/mol. The molecular formula is C21H24ClN3O2S. The highest BCUT2D eigenvalue weighted by Gasteiger charge is 2.25. The van der Waals surface area contributed by atoms with Crippen LogP contribution in [0.15, 0.2) is 29.1 Å². The molecule has 0 bridgehead atoms. The van der Waals surface area contributed by atoms with E-state index in [4.69, 9.17) is 21.3 Å². The normalized spacial score (nSPS) is 16.3. The van der Waals surface area contributed by atoms with E-state index in [-0.39, 0.29) is 5.56 Å². The second-order valence-electron chi connectivity index (χ2n) is 7.36. The van der Waals surface area contributed by atoms with Crippen LogP contribution in [0.3, 0.4) is 0 Å². The first-order valence-corrected chi connectivity index (χ1v) is 10.8. The summed E-state index contributed by atoms with van der Waals surface area (Å²) in [5, 5.41) is 4.75. The van der Waals surface area contributed by atoms with E-state index in [0.29, 0.717) is 30.0 Å². The molecule has 2 heterocycles. The van der Waals surface area contributed by atoms with Gasteiger partial charge in [0.05, 0.1) is 11.1 Å². The Morgan fingerprint density at radius 2 is 2.14 bits per heavy atom. The van der Waals surface area contributed by atoms with E-state index < -0.39 is 0 Å². The Hall–Kier alpha value is -1.89. The Balaban J connectivity index is 1.87. The molecule has 1 atom stereocenters. The summed E-state index contributed by atoms with van der Waals surface area (Å²) < 4.78 is 6.80. The lowest BCUT2D eigenvalue weighted by Gasteiger charge is -2.18. The van der Waals surface area contributed by atoms with Crippen molar-refractivity contribution in [3.63, 3.8) is 0 Å². The second kappa shape index (κ2) is 8.23. The lowest BCUT2D eigenvalue weighted by Crippen LogP contribution is -2.25. The molecule has 7 heteroatoms. The molecule has 4 rings (SSSR count). The number of ether oxygens (including phenoxy) is 1. The van der Waals surface area contributed by atoms with Gasteiger partial charge in [0.15, 0.2) is 0 Å². The van der Waals surface area contributed by atoms with Crippen LogP contribution in [0.5, 0.6) is 0 Å². The largest absolute Gasteiger partial charge is 0.385 e. The van der Waals surface area contributed by atoms with Crippen LogP contribution in [0.1, 0.15) is 30.2 Å². The number of benzene rings is 1. The fourth-order valence-corrected chi connectivity index (χ4v) is 5.09. The maximum absolute atomic E-state index is 13.6. The number of halogens is 1. The molecule has 5 nitrogen and oxygen atoms in total. The van der Waals surface area contributed by atoms with E-state index in [1.807, 2.05) is 12.1 Å². The Labute approximate surface area is 173 Å². The number of aromatic nitrogens is 2. The van der Waals surface area contributed by atoms with Gasteiger partial charge in [-0.2, -0.15) is 0 Å². The predicted molar refractivity (Wildman–Crippen MR) is 116 cm³/mol. The molecule has 0 spiro atoms. The molecule has 1 aliphatic rings. The zero-order chi connectivity index (χ0) is 19.7. The van der Waals surface area contributed by atoms with Crippen molar-refractivity contribution in [3.05, 3.63) is 50.1 Å². The van der Waals surface area contributed by atoms with E-state index in [2.05, 4.69) is 12.2 Å². The first-order valence-electron chi connectivity index (χ1n) is 9.64. The zero-order valence-electron chi connectivity index (χ0n) is 16.1. The highest BCUT2D eigenvalue weighted by atomic mass is 35.5. The van der Waals surface area contributed by atoms with Gasteiger partial charge in [0.25, 0.3) is 5.56 Å². The zero-order valence-corrected chi connectivity index (χ0v) is 17.7. The summed E-state index contributed by atoms with van der Waals surface area (Å²) in [5.74, 6) is 1.17. The van der Waals surface area contributed by atoms with E-state index in [9.17, 15) is 4.79 Å². The predicted octanol–water partition coefficient (Wildman–Crippen LogP) is 4.67.